The minimum atomic E-state index is -0.778. The predicted octanol–water partition coefficient (Wildman–Crippen LogP) is 1.58. The number of halogens is 2. The Kier molecular flexibility index (Phi) is 4.42. The Bertz CT molecular complexity index is 358. The number of aliphatic hydroxyl groups excluding tert-OH is 1. The number of anilines is 2. The number of aromatic nitrogens is 1. The van der Waals surface area contributed by atoms with Crippen molar-refractivity contribution in [3.05, 3.63) is 17.7 Å². The first-order chi connectivity index (χ1) is 7.54. The second-order valence-electron chi connectivity index (χ2n) is 3.41. The molecule has 1 aromatic rings. The Morgan fingerprint density at radius 2 is 1.88 bits per heavy atom. The zero-order chi connectivity index (χ0) is 12.1. The first-order valence-corrected chi connectivity index (χ1v) is 5.06. The maximum absolute atomic E-state index is 13.2. The van der Waals surface area contributed by atoms with Gasteiger partial charge in [-0.1, -0.05) is 0 Å². The van der Waals surface area contributed by atoms with Crippen molar-refractivity contribution in [2.45, 2.75) is 20.0 Å². The van der Waals surface area contributed by atoms with E-state index >= 15 is 0 Å². The summed E-state index contributed by atoms with van der Waals surface area (Å²) < 4.78 is 26.4. The Morgan fingerprint density at radius 3 is 2.38 bits per heavy atom. The number of pyridine rings is 1. The van der Waals surface area contributed by atoms with Gasteiger partial charge in [-0.05, 0) is 13.8 Å². The third kappa shape index (κ3) is 3.30. The van der Waals surface area contributed by atoms with Gasteiger partial charge in [-0.2, -0.15) is 0 Å². The highest BCUT2D eigenvalue weighted by Gasteiger charge is 2.11. The van der Waals surface area contributed by atoms with Crippen LogP contribution in [0.3, 0.4) is 0 Å². The van der Waals surface area contributed by atoms with Gasteiger partial charge >= 0.3 is 0 Å². The molecule has 0 fully saturated rings. The largest absolute Gasteiger partial charge is 0.392 e. The maximum atomic E-state index is 13.2. The Hall–Kier alpha value is -1.43. The highest BCUT2D eigenvalue weighted by molar-refractivity contribution is 5.47. The topological polar surface area (TPSA) is 57.2 Å². The summed E-state index contributed by atoms with van der Waals surface area (Å²) in [5.41, 5.74) is 0. The molecule has 0 spiro atoms. The van der Waals surface area contributed by atoms with Crippen molar-refractivity contribution in [2.24, 2.45) is 0 Å². The average Bonchev–Trinajstić information content (AvgIpc) is 2.20. The quantitative estimate of drug-likeness (QED) is 0.720. The summed E-state index contributed by atoms with van der Waals surface area (Å²) in [6.07, 6.45) is -0.631. The van der Waals surface area contributed by atoms with Gasteiger partial charge in [0.05, 0.1) is 6.10 Å². The van der Waals surface area contributed by atoms with E-state index in [1.54, 1.807) is 13.8 Å². The van der Waals surface area contributed by atoms with Crippen LogP contribution in [0.1, 0.15) is 13.8 Å². The molecule has 0 radical (unpaired) electrons. The molecule has 0 bridgehead atoms. The number of nitrogens with zero attached hydrogens (tertiary/aromatic N) is 1. The first kappa shape index (κ1) is 12.6. The van der Waals surface area contributed by atoms with Crippen LogP contribution in [-0.4, -0.2) is 29.3 Å². The van der Waals surface area contributed by atoms with E-state index in [2.05, 4.69) is 15.6 Å². The van der Waals surface area contributed by atoms with E-state index < -0.39 is 17.7 Å². The molecule has 0 aliphatic carbocycles. The van der Waals surface area contributed by atoms with Gasteiger partial charge in [0, 0.05) is 19.2 Å². The lowest BCUT2D eigenvalue weighted by atomic mass is 10.3. The molecule has 1 rings (SSSR count). The molecule has 0 amide bonds. The van der Waals surface area contributed by atoms with Crippen LogP contribution in [0.15, 0.2) is 6.07 Å². The van der Waals surface area contributed by atoms with Gasteiger partial charge in [0.25, 0.3) is 0 Å². The number of hydrogen-bond donors (Lipinski definition) is 3. The molecule has 90 valence electrons. The fraction of sp³-hybridized carbons (Fsp3) is 0.500. The van der Waals surface area contributed by atoms with Gasteiger partial charge in [-0.15, -0.1) is 0 Å². The maximum Gasteiger partial charge on any atom is 0.168 e. The summed E-state index contributed by atoms with van der Waals surface area (Å²) in [5.74, 6) is -1.59. The summed E-state index contributed by atoms with van der Waals surface area (Å²) in [5, 5.41) is 14.3. The van der Waals surface area contributed by atoms with Gasteiger partial charge in [0.2, 0.25) is 0 Å². The van der Waals surface area contributed by atoms with Crippen LogP contribution >= 0.6 is 0 Å². The lowest BCUT2D eigenvalue weighted by molar-refractivity contribution is 0.208. The standard InChI is InChI=1S/C10H15F2N3O/c1-3-13-9-7(11)4-8(12)10(15-9)14-5-6(2)16/h4,6,16H,3,5H2,1-2H3,(H2,13,14,15). The number of aliphatic hydroxyl groups is 1. The molecule has 4 nitrogen and oxygen atoms in total. The average molecular weight is 231 g/mol. The molecule has 0 saturated heterocycles. The second kappa shape index (κ2) is 5.60. The minimum absolute atomic E-state index is 0.00278. The number of rotatable bonds is 5. The molecule has 0 saturated carbocycles. The predicted molar refractivity (Wildman–Crippen MR) is 58.5 cm³/mol. The SMILES string of the molecule is CCNc1nc(NCC(C)O)c(F)cc1F. The zero-order valence-electron chi connectivity index (χ0n) is 9.22. The third-order valence-corrected chi connectivity index (χ3v) is 1.84. The smallest absolute Gasteiger partial charge is 0.168 e. The summed E-state index contributed by atoms with van der Waals surface area (Å²) in [6, 6.07) is 0.759. The third-order valence-electron chi connectivity index (χ3n) is 1.84. The highest BCUT2D eigenvalue weighted by Crippen LogP contribution is 2.18. The highest BCUT2D eigenvalue weighted by atomic mass is 19.1. The van der Waals surface area contributed by atoms with Gasteiger partial charge in [-0.3, -0.25) is 0 Å². The summed E-state index contributed by atoms with van der Waals surface area (Å²) in [4.78, 5) is 3.75. The van der Waals surface area contributed by atoms with E-state index in [0.29, 0.717) is 6.54 Å². The molecule has 0 aromatic carbocycles. The fourth-order valence-electron chi connectivity index (χ4n) is 1.13. The van der Waals surface area contributed by atoms with Crippen molar-refractivity contribution in [3.63, 3.8) is 0 Å². The van der Waals surface area contributed by atoms with E-state index in [4.69, 9.17) is 5.11 Å². The van der Waals surface area contributed by atoms with Gasteiger partial charge in [0.1, 0.15) is 0 Å². The molecule has 1 unspecified atom stereocenters. The molecule has 1 atom stereocenters. The second-order valence-corrected chi connectivity index (χ2v) is 3.41. The van der Waals surface area contributed by atoms with Crippen LogP contribution in [0.25, 0.3) is 0 Å². The van der Waals surface area contributed by atoms with Gasteiger partial charge < -0.3 is 15.7 Å². The fourth-order valence-corrected chi connectivity index (χ4v) is 1.13. The molecule has 0 aliphatic rings. The lowest BCUT2D eigenvalue weighted by Crippen LogP contribution is -2.17. The first-order valence-electron chi connectivity index (χ1n) is 5.06. The van der Waals surface area contributed by atoms with Crippen molar-refractivity contribution in [1.29, 1.82) is 0 Å². The van der Waals surface area contributed by atoms with E-state index in [1.807, 2.05) is 0 Å². The van der Waals surface area contributed by atoms with E-state index in [9.17, 15) is 8.78 Å². The van der Waals surface area contributed by atoms with Crippen LogP contribution < -0.4 is 10.6 Å². The molecular weight excluding hydrogens is 216 g/mol. The molecule has 1 aromatic heterocycles. The van der Waals surface area contributed by atoms with Crippen LogP contribution in [0.4, 0.5) is 20.4 Å². The lowest BCUT2D eigenvalue weighted by Gasteiger charge is -2.11. The van der Waals surface area contributed by atoms with E-state index in [0.717, 1.165) is 6.07 Å². The van der Waals surface area contributed by atoms with Crippen LogP contribution in [0.5, 0.6) is 0 Å². The Balaban J connectivity index is 2.86. The van der Waals surface area contributed by atoms with Crippen LogP contribution in [0, 0.1) is 11.6 Å². The Morgan fingerprint density at radius 1 is 1.31 bits per heavy atom. The minimum Gasteiger partial charge on any atom is -0.392 e. The van der Waals surface area contributed by atoms with Crippen molar-refractivity contribution in [1.82, 2.24) is 4.98 Å². The number of nitrogens with one attached hydrogen (secondary N) is 2. The zero-order valence-corrected chi connectivity index (χ0v) is 9.22. The van der Waals surface area contributed by atoms with Crippen LogP contribution in [-0.2, 0) is 0 Å². The van der Waals surface area contributed by atoms with Crippen molar-refractivity contribution in [3.8, 4) is 0 Å². The Labute approximate surface area is 92.7 Å². The summed E-state index contributed by atoms with van der Waals surface area (Å²) >= 11 is 0. The molecule has 16 heavy (non-hydrogen) atoms. The molecule has 3 N–H and O–H groups in total. The molecule has 6 heteroatoms. The van der Waals surface area contributed by atoms with Crippen molar-refractivity contribution >= 4 is 11.6 Å². The van der Waals surface area contributed by atoms with Crippen LogP contribution in [0.2, 0.25) is 0 Å². The van der Waals surface area contributed by atoms with Gasteiger partial charge in [0.15, 0.2) is 23.3 Å². The van der Waals surface area contributed by atoms with Crippen molar-refractivity contribution < 1.29 is 13.9 Å². The van der Waals surface area contributed by atoms with E-state index in [-0.39, 0.29) is 18.2 Å². The molecule has 0 aliphatic heterocycles. The van der Waals surface area contributed by atoms with E-state index in [1.165, 1.54) is 0 Å². The number of hydrogen-bond acceptors (Lipinski definition) is 4. The molecular formula is C10H15F2N3O. The normalized spacial score (nSPS) is 12.3. The molecule has 1 heterocycles. The van der Waals surface area contributed by atoms with Gasteiger partial charge in [-0.25, -0.2) is 13.8 Å². The monoisotopic (exact) mass is 231 g/mol. The summed E-state index contributed by atoms with van der Waals surface area (Å²) in [6.45, 7) is 3.99. The van der Waals surface area contributed by atoms with Crippen molar-refractivity contribution in [2.75, 3.05) is 23.7 Å². The summed E-state index contributed by atoms with van der Waals surface area (Å²) in [7, 11) is 0.